The van der Waals surface area contributed by atoms with Gasteiger partial charge in [-0.1, -0.05) is 6.07 Å². The molecule has 1 amide bonds. The molecule has 0 aliphatic heterocycles. The Balaban J connectivity index is 2.20. The first-order valence-corrected chi connectivity index (χ1v) is 5.79. The monoisotopic (exact) mass is 257 g/mol. The molecule has 0 radical (unpaired) electrons. The highest BCUT2D eigenvalue weighted by molar-refractivity contribution is 5.89. The molecule has 0 fully saturated rings. The van der Waals surface area contributed by atoms with Crippen molar-refractivity contribution < 1.29 is 4.79 Å². The van der Waals surface area contributed by atoms with Crippen molar-refractivity contribution in [1.29, 1.82) is 0 Å². The Bertz CT molecular complexity index is 591. The van der Waals surface area contributed by atoms with Crippen LogP contribution in [0.4, 0.5) is 23.1 Å². The topological polar surface area (TPSA) is 92.9 Å². The van der Waals surface area contributed by atoms with Crippen molar-refractivity contribution in [2.45, 2.75) is 13.8 Å². The van der Waals surface area contributed by atoms with Gasteiger partial charge < -0.3 is 16.4 Å². The van der Waals surface area contributed by atoms with Gasteiger partial charge in [0.2, 0.25) is 11.9 Å². The van der Waals surface area contributed by atoms with Gasteiger partial charge in [-0.25, -0.2) is 4.98 Å². The van der Waals surface area contributed by atoms with Gasteiger partial charge in [0.1, 0.15) is 5.82 Å². The number of rotatable bonds is 3. The number of anilines is 4. The molecule has 1 aromatic heterocycles. The molecule has 4 N–H and O–H groups in total. The molecule has 0 aliphatic rings. The average Bonchev–Trinajstić information content (AvgIpc) is 2.26. The molecule has 98 valence electrons. The van der Waals surface area contributed by atoms with E-state index in [0.717, 1.165) is 17.1 Å². The van der Waals surface area contributed by atoms with Crippen LogP contribution in [0.25, 0.3) is 0 Å². The summed E-state index contributed by atoms with van der Waals surface area (Å²) in [6.45, 7) is 3.31. The van der Waals surface area contributed by atoms with E-state index < -0.39 is 0 Å². The standard InChI is InChI=1S/C13H15N5O/c1-8-6-12(18-13(14)15-8)17-11-5-3-4-10(7-11)16-9(2)19/h3-7H,1-2H3,(H,16,19)(H3,14,15,17,18). The summed E-state index contributed by atoms with van der Waals surface area (Å²) >= 11 is 0. The summed E-state index contributed by atoms with van der Waals surface area (Å²) in [5, 5.41) is 5.83. The van der Waals surface area contributed by atoms with Crippen LogP contribution >= 0.6 is 0 Å². The fourth-order valence-electron chi connectivity index (χ4n) is 1.68. The van der Waals surface area contributed by atoms with E-state index in [2.05, 4.69) is 20.6 Å². The van der Waals surface area contributed by atoms with Gasteiger partial charge in [-0.2, -0.15) is 4.98 Å². The molecule has 0 spiro atoms. The van der Waals surface area contributed by atoms with Crippen LogP contribution in [0, 0.1) is 6.92 Å². The van der Waals surface area contributed by atoms with Crippen molar-refractivity contribution in [2.75, 3.05) is 16.4 Å². The van der Waals surface area contributed by atoms with E-state index in [0.29, 0.717) is 5.82 Å². The first kappa shape index (κ1) is 12.8. The number of aryl methyl sites for hydroxylation is 1. The number of hydrogen-bond acceptors (Lipinski definition) is 5. The zero-order valence-corrected chi connectivity index (χ0v) is 10.8. The van der Waals surface area contributed by atoms with Crippen LogP contribution in [-0.4, -0.2) is 15.9 Å². The van der Waals surface area contributed by atoms with Crippen LogP contribution in [0.2, 0.25) is 0 Å². The molecule has 1 heterocycles. The van der Waals surface area contributed by atoms with Gasteiger partial charge >= 0.3 is 0 Å². The van der Waals surface area contributed by atoms with Crippen LogP contribution in [0.5, 0.6) is 0 Å². The smallest absolute Gasteiger partial charge is 0.222 e. The van der Waals surface area contributed by atoms with E-state index in [1.807, 2.05) is 31.2 Å². The molecule has 19 heavy (non-hydrogen) atoms. The van der Waals surface area contributed by atoms with Crippen molar-refractivity contribution in [2.24, 2.45) is 0 Å². The fourth-order valence-corrected chi connectivity index (χ4v) is 1.68. The van der Waals surface area contributed by atoms with Gasteiger partial charge in [0, 0.05) is 30.1 Å². The molecule has 0 saturated heterocycles. The molecule has 2 aromatic rings. The van der Waals surface area contributed by atoms with Gasteiger partial charge in [-0.05, 0) is 25.1 Å². The SMILES string of the molecule is CC(=O)Nc1cccc(Nc2cc(C)nc(N)n2)c1. The van der Waals surface area contributed by atoms with Crippen LogP contribution in [-0.2, 0) is 4.79 Å². The van der Waals surface area contributed by atoms with Crippen LogP contribution in [0.3, 0.4) is 0 Å². The maximum Gasteiger partial charge on any atom is 0.222 e. The minimum atomic E-state index is -0.112. The summed E-state index contributed by atoms with van der Waals surface area (Å²) in [5.41, 5.74) is 7.90. The zero-order chi connectivity index (χ0) is 13.8. The summed E-state index contributed by atoms with van der Waals surface area (Å²) in [6, 6.07) is 9.13. The molecule has 6 heteroatoms. The number of aromatic nitrogens is 2. The van der Waals surface area contributed by atoms with Gasteiger partial charge in [0.05, 0.1) is 0 Å². The first-order valence-electron chi connectivity index (χ1n) is 5.79. The van der Waals surface area contributed by atoms with E-state index in [9.17, 15) is 4.79 Å². The fraction of sp³-hybridized carbons (Fsp3) is 0.154. The van der Waals surface area contributed by atoms with Crippen LogP contribution in [0.15, 0.2) is 30.3 Å². The summed E-state index contributed by atoms with van der Waals surface area (Å²) in [4.78, 5) is 19.1. The Hall–Kier alpha value is -2.63. The predicted molar refractivity (Wildman–Crippen MR) is 75.2 cm³/mol. The molecule has 6 nitrogen and oxygen atoms in total. The molecule has 0 aliphatic carbocycles. The normalized spacial score (nSPS) is 10.0. The number of benzene rings is 1. The number of nitrogens with one attached hydrogen (secondary N) is 2. The average molecular weight is 257 g/mol. The Labute approximate surface area is 111 Å². The summed E-state index contributed by atoms with van der Waals surface area (Å²) < 4.78 is 0. The molecule has 0 atom stereocenters. The minimum absolute atomic E-state index is 0.112. The second kappa shape index (κ2) is 5.34. The maximum atomic E-state index is 11.0. The molecular formula is C13H15N5O. The van der Waals surface area contributed by atoms with Crippen molar-refractivity contribution in [3.8, 4) is 0 Å². The van der Waals surface area contributed by atoms with E-state index in [1.54, 1.807) is 6.07 Å². The predicted octanol–water partition coefficient (Wildman–Crippen LogP) is 2.07. The maximum absolute atomic E-state index is 11.0. The second-order valence-corrected chi connectivity index (χ2v) is 4.14. The van der Waals surface area contributed by atoms with Crippen molar-refractivity contribution in [3.63, 3.8) is 0 Å². The number of amides is 1. The van der Waals surface area contributed by atoms with Crippen LogP contribution < -0.4 is 16.4 Å². The number of nitrogens with two attached hydrogens (primary N) is 1. The highest BCUT2D eigenvalue weighted by atomic mass is 16.1. The summed E-state index contributed by atoms with van der Waals surface area (Å²) in [6.07, 6.45) is 0. The first-order chi connectivity index (χ1) is 9.02. The van der Waals surface area contributed by atoms with Gasteiger partial charge in [0.15, 0.2) is 0 Å². The number of nitrogens with zero attached hydrogens (tertiary/aromatic N) is 2. The van der Waals surface area contributed by atoms with Gasteiger partial charge in [-0.15, -0.1) is 0 Å². The lowest BCUT2D eigenvalue weighted by Gasteiger charge is -2.09. The van der Waals surface area contributed by atoms with Crippen molar-refractivity contribution in [3.05, 3.63) is 36.0 Å². The largest absolute Gasteiger partial charge is 0.368 e. The Kier molecular flexibility index (Phi) is 3.61. The van der Waals surface area contributed by atoms with E-state index in [-0.39, 0.29) is 11.9 Å². The van der Waals surface area contributed by atoms with Crippen molar-refractivity contribution >= 4 is 29.0 Å². The van der Waals surface area contributed by atoms with Gasteiger partial charge in [-0.3, -0.25) is 4.79 Å². The summed E-state index contributed by atoms with van der Waals surface area (Å²) in [7, 11) is 0. The number of carbonyl (C=O) groups is 1. The third kappa shape index (κ3) is 3.67. The Morgan fingerprint density at radius 1 is 1.21 bits per heavy atom. The second-order valence-electron chi connectivity index (χ2n) is 4.14. The van der Waals surface area contributed by atoms with Crippen LogP contribution in [0.1, 0.15) is 12.6 Å². The lowest BCUT2D eigenvalue weighted by atomic mass is 10.2. The third-order valence-electron chi connectivity index (χ3n) is 2.33. The van der Waals surface area contributed by atoms with E-state index in [1.165, 1.54) is 6.92 Å². The van der Waals surface area contributed by atoms with Crippen molar-refractivity contribution in [1.82, 2.24) is 9.97 Å². The number of carbonyl (C=O) groups excluding carboxylic acids is 1. The molecule has 0 unspecified atom stereocenters. The Morgan fingerprint density at radius 3 is 2.63 bits per heavy atom. The Morgan fingerprint density at radius 2 is 1.95 bits per heavy atom. The lowest BCUT2D eigenvalue weighted by molar-refractivity contribution is -0.114. The third-order valence-corrected chi connectivity index (χ3v) is 2.33. The van der Waals surface area contributed by atoms with Gasteiger partial charge in [0.25, 0.3) is 0 Å². The molecule has 2 rings (SSSR count). The van der Waals surface area contributed by atoms with E-state index in [4.69, 9.17) is 5.73 Å². The number of nitrogen functional groups attached to an aromatic ring is 1. The summed E-state index contributed by atoms with van der Waals surface area (Å²) in [5.74, 6) is 0.727. The highest BCUT2D eigenvalue weighted by Crippen LogP contribution is 2.19. The number of hydrogen-bond donors (Lipinski definition) is 3. The minimum Gasteiger partial charge on any atom is -0.368 e. The van der Waals surface area contributed by atoms with E-state index >= 15 is 0 Å². The lowest BCUT2D eigenvalue weighted by Crippen LogP contribution is -2.06. The molecule has 0 bridgehead atoms. The molecule has 1 aromatic carbocycles. The highest BCUT2D eigenvalue weighted by Gasteiger charge is 2.01. The zero-order valence-electron chi connectivity index (χ0n) is 10.8. The quantitative estimate of drug-likeness (QED) is 0.782. The molecule has 0 saturated carbocycles. The molecular weight excluding hydrogens is 242 g/mol.